The first-order chi connectivity index (χ1) is 11.0. The fourth-order valence-electron chi connectivity index (χ4n) is 2.72. The van der Waals surface area contributed by atoms with Crippen LogP contribution in [0.3, 0.4) is 0 Å². The van der Waals surface area contributed by atoms with Gasteiger partial charge in [-0.05, 0) is 30.5 Å². The Hall–Kier alpha value is -2.19. The molecule has 23 heavy (non-hydrogen) atoms. The predicted octanol–water partition coefficient (Wildman–Crippen LogP) is 0.523. The Bertz CT molecular complexity index is 829. The Balaban J connectivity index is 1.68. The Labute approximate surface area is 134 Å². The molecule has 0 saturated heterocycles. The number of hydrogen-bond acceptors (Lipinski definition) is 4. The van der Waals surface area contributed by atoms with Gasteiger partial charge in [0.05, 0.1) is 4.90 Å². The van der Waals surface area contributed by atoms with Crippen molar-refractivity contribution >= 4 is 15.9 Å². The average molecular weight is 334 g/mol. The zero-order valence-corrected chi connectivity index (χ0v) is 13.3. The minimum Gasteiger partial charge on any atom is -0.366 e. The van der Waals surface area contributed by atoms with Gasteiger partial charge in [-0.1, -0.05) is 6.07 Å². The topological polar surface area (TPSA) is 107 Å². The number of carbonyl (C=O) groups is 1. The third-order valence-corrected chi connectivity index (χ3v) is 5.46. The molecule has 0 bridgehead atoms. The average Bonchev–Trinajstić information content (AvgIpc) is 3.01. The Morgan fingerprint density at radius 2 is 2.26 bits per heavy atom. The van der Waals surface area contributed by atoms with Crippen molar-refractivity contribution in [1.82, 2.24) is 14.3 Å². The van der Waals surface area contributed by atoms with E-state index in [2.05, 4.69) is 14.3 Å². The maximum atomic E-state index is 12.4. The molecule has 1 aliphatic heterocycles. The lowest BCUT2D eigenvalue weighted by Crippen LogP contribution is -2.33. The molecule has 0 saturated carbocycles. The lowest BCUT2D eigenvalue weighted by molar-refractivity contribution is 0.1000. The molecule has 1 aromatic carbocycles. The Morgan fingerprint density at radius 3 is 3.04 bits per heavy atom. The van der Waals surface area contributed by atoms with Gasteiger partial charge in [0.1, 0.15) is 5.82 Å². The molecule has 0 aliphatic carbocycles. The third kappa shape index (κ3) is 3.43. The number of aromatic nitrogens is 2. The summed E-state index contributed by atoms with van der Waals surface area (Å²) in [4.78, 5) is 15.5. The number of imidazole rings is 1. The van der Waals surface area contributed by atoms with Crippen molar-refractivity contribution in [3.63, 3.8) is 0 Å². The molecule has 0 radical (unpaired) electrons. The van der Waals surface area contributed by atoms with Crippen molar-refractivity contribution < 1.29 is 13.2 Å². The first kappa shape index (κ1) is 15.7. The fraction of sp³-hybridized carbons (Fsp3) is 0.333. The van der Waals surface area contributed by atoms with Gasteiger partial charge in [0.15, 0.2) is 0 Å². The van der Waals surface area contributed by atoms with Gasteiger partial charge < -0.3 is 10.3 Å². The van der Waals surface area contributed by atoms with Gasteiger partial charge in [-0.3, -0.25) is 4.79 Å². The van der Waals surface area contributed by atoms with Gasteiger partial charge in [-0.2, -0.15) is 0 Å². The van der Waals surface area contributed by atoms with E-state index in [0.717, 1.165) is 25.2 Å². The Morgan fingerprint density at radius 1 is 1.43 bits per heavy atom. The van der Waals surface area contributed by atoms with Crippen molar-refractivity contribution in [3.05, 3.63) is 48.0 Å². The molecule has 1 unspecified atom stereocenters. The highest BCUT2D eigenvalue weighted by Gasteiger charge is 2.22. The largest absolute Gasteiger partial charge is 0.366 e. The maximum absolute atomic E-state index is 12.4. The molecular weight excluding hydrogens is 316 g/mol. The normalized spacial score (nSPS) is 17.7. The molecule has 3 N–H and O–H groups in total. The van der Waals surface area contributed by atoms with E-state index in [1.165, 1.54) is 24.3 Å². The third-order valence-electron chi connectivity index (χ3n) is 4.04. The number of sulfonamides is 1. The van der Waals surface area contributed by atoms with E-state index < -0.39 is 15.9 Å². The second kappa shape index (κ2) is 6.13. The fourth-order valence-corrected chi connectivity index (χ4v) is 3.88. The molecule has 1 aromatic heterocycles. The molecule has 7 nitrogen and oxygen atoms in total. The summed E-state index contributed by atoms with van der Waals surface area (Å²) >= 11 is 0. The number of rotatable bonds is 5. The number of amides is 1. The van der Waals surface area contributed by atoms with Crippen LogP contribution in [0.2, 0.25) is 0 Å². The molecule has 2 aromatic rings. The quantitative estimate of drug-likeness (QED) is 0.831. The van der Waals surface area contributed by atoms with Crippen molar-refractivity contribution in [3.8, 4) is 0 Å². The van der Waals surface area contributed by atoms with Crippen molar-refractivity contribution in [2.24, 2.45) is 11.7 Å². The number of nitrogens with two attached hydrogens (primary N) is 1. The summed E-state index contributed by atoms with van der Waals surface area (Å²) in [6, 6.07) is 5.73. The molecule has 122 valence electrons. The van der Waals surface area contributed by atoms with E-state index in [0.29, 0.717) is 6.54 Å². The SMILES string of the molecule is NC(=O)c1cccc(S(=O)(=O)NCC2CCn3ccnc3C2)c1. The van der Waals surface area contributed by atoms with Crippen LogP contribution >= 0.6 is 0 Å². The van der Waals surface area contributed by atoms with Crippen LogP contribution in [0.5, 0.6) is 0 Å². The second-order valence-corrected chi connectivity index (χ2v) is 7.41. The zero-order chi connectivity index (χ0) is 16.4. The number of aryl methyl sites for hydroxylation is 1. The van der Waals surface area contributed by atoms with Crippen LogP contribution in [-0.4, -0.2) is 30.4 Å². The molecule has 1 atom stereocenters. The summed E-state index contributed by atoms with van der Waals surface area (Å²) in [6.07, 6.45) is 5.34. The van der Waals surface area contributed by atoms with Crippen LogP contribution in [0, 0.1) is 5.92 Å². The monoisotopic (exact) mass is 334 g/mol. The Kier molecular flexibility index (Phi) is 4.18. The van der Waals surface area contributed by atoms with Crippen molar-refractivity contribution in [2.45, 2.75) is 24.3 Å². The summed E-state index contributed by atoms with van der Waals surface area (Å²) in [6.45, 7) is 1.19. The second-order valence-electron chi connectivity index (χ2n) is 5.64. The van der Waals surface area contributed by atoms with E-state index in [1.807, 2.05) is 6.20 Å². The van der Waals surface area contributed by atoms with Gasteiger partial charge >= 0.3 is 0 Å². The number of carbonyl (C=O) groups excluding carboxylic acids is 1. The molecule has 8 heteroatoms. The van der Waals surface area contributed by atoms with Crippen LogP contribution in [-0.2, 0) is 23.0 Å². The van der Waals surface area contributed by atoms with E-state index >= 15 is 0 Å². The zero-order valence-electron chi connectivity index (χ0n) is 12.5. The standard InChI is InChI=1S/C15H18N4O3S/c16-15(20)12-2-1-3-13(9-12)23(21,22)18-10-11-4-6-19-7-5-17-14(19)8-11/h1-3,5,7,9,11,18H,4,6,8,10H2,(H2,16,20). The van der Waals surface area contributed by atoms with Crippen LogP contribution in [0.1, 0.15) is 22.6 Å². The van der Waals surface area contributed by atoms with Gasteiger partial charge in [0, 0.05) is 37.5 Å². The maximum Gasteiger partial charge on any atom is 0.248 e. The number of primary amides is 1. The summed E-state index contributed by atoms with van der Waals surface area (Å²) in [5, 5.41) is 0. The molecule has 1 aliphatic rings. The molecule has 0 spiro atoms. The predicted molar refractivity (Wildman–Crippen MR) is 84.2 cm³/mol. The number of nitrogens with zero attached hydrogens (tertiary/aromatic N) is 2. The highest BCUT2D eigenvalue weighted by atomic mass is 32.2. The van der Waals surface area contributed by atoms with E-state index in [9.17, 15) is 13.2 Å². The molecule has 3 rings (SSSR count). The molecule has 2 heterocycles. The van der Waals surface area contributed by atoms with Crippen LogP contribution in [0.25, 0.3) is 0 Å². The lowest BCUT2D eigenvalue weighted by atomic mass is 9.98. The number of nitrogens with one attached hydrogen (secondary N) is 1. The summed E-state index contributed by atoms with van der Waals surface area (Å²) < 4.78 is 29.4. The summed E-state index contributed by atoms with van der Waals surface area (Å²) in [5.74, 6) is 0.538. The van der Waals surface area contributed by atoms with E-state index in [1.54, 1.807) is 6.20 Å². The summed E-state index contributed by atoms with van der Waals surface area (Å²) in [5.41, 5.74) is 5.36. The highest BCUT2D eigenvalue weighted by molar-refractivity contribution is 7.89. The van der Waals surface area contributed by atoms with Crippen molar-refractivity contribution in [1.29, 1.82) is 0 Å². The smallest absolute Gasteiger partial charge is 0.248 e. The van der Waals surface area contributed by atoms with Crippen LogP contribution in [0.4, 0.5) is 0 Å². The molecular formula is C15H18N4O3S. The minimum absolute atomic E-state index is 0.0473. The number of benzene rings is 1. The number of hydrogen-bond donors (Lipinski definition) is 2. The summed E-state index contributed by atoms with van der Waals surface area (Å²) in [7, 11) is -3.66. The first-order valence-electron chi connectivity index (χ1n) is 7.35. The molecule has 1 amide bonds. The highest BCUT2D eigenvalue weighted by Crippen LogP contribution is 2.19. The van der Waals surface area contributed by atoms with E-state index in [4.69, 9.17) is 5.73 Å². The minimum atomic E-state index is -3.66. The van der Waals surface area contributed by atoms with E-state index in [-0.39, 0.29) is 16.4 Å². The van der Waals surface area contributed by atoms with Gasteiger partial charge in [0.2, 0.25) is 15.9 Å². The van der Waals surface area contributed by atoms with Crippen LogP contribution in [0.15, 0.2) is 41.6 Å². The van der Waals surface area contributed by atoms with Gasteiger partial charge in [0.25, 0.3) is 0 Å². The van der Waals surface area contributed by atoms with Gasteiger partial charge in [-0.25, -0.2) is 18.1 Å². The lowest BCUT2D eigenvalue weighted by Gasteiger charge is -2.23. The first-order valence-corrected chi connectivity index (χ1v) is 8.83. The van der Waals surface area contributed by atoms with Gasteiger partial charge in [-0.15, -0.1) is 0 Å². The van der Waals surface area contributed by atoms with Crippen LogP contribution < -0.4 is 10.5 Å². The van der Waals surface area contributed by atoms with Crippen molar-refractivity contribution in [2.75, 3.05) is 6.54 Å². The molecule has 0 fully saturated rings. The number of fused-ring (bicyclic) bond motifs is 1.